The zero-order chi connectivity index (χ0) is 17.8. The summed E-state index contributed by atoms with van der Waals surface area (Å²) in [5.41, 5.74) is 1.16. The Kier molecular flexibility index (Phi) is 5.42. The van der Waals surface area contributed by atoms with Gasteiger partial charge < -0.3 is 9.64 Å². The van der Waals surface area contributed by atoms with Gasteiger partial charge in [-0.15, -0.1) is 0 Å². The molecule has 0 aromatic heterocycles. The summed E-state index contributed by atoms with van der Waals surface area (Å²) in [4.78, 5) is 9.13. The van der Waals surface area contributed by atoms with Crippen LogP contribution in [0.15, 0.2) is 47.5 Å². The molecule has 2 aromatic carbocycles. The second-order valence-corrected chi connectivity index (χ2v) is 7.22. The lowest BCUT2D eigenvalue weighted by atomic mass is 10.2. The lowest BCUT2D eigenvalue weighted by molar-refractivity contribution is 0.238. The molecular weight excluding hydrogens is 346 g/mol. The van der Waals surface area contributed by atoms with Crippen LogP contribution in [-0.2, 0) is 0 Å². The third-order valence-corrected chi connectivity index (χ3v) is 5.37. The number of anilines is 1. The third kappa shape index (κ3) is 4.02. The van der Waals surface area contributed by atoms with Crippen LogP contribution in [0.1, 0.15) is 12.8 Å². The number of rotatable bonds is 7. The summed E-state index contributed by atoms with van der Waals surface area (Å²) in [6, 6.07) is 14.2. The first-order valence-corrected chi connectivity index (χ1v) is 9.70. The van der Waals surface area contributed by atoms with Crippen molar-refractivity contribution in [2.24, 2.45) is 4.99 Å². The number of hydrogen-bond donors (Lipinski definition) is 0. The number of hydrogen-bond acceptors (Lipinski definition) is 4. The number of benzene rings is 2. The van der Waals surface area contributed by atoms with E-state index in [2.05, 4.69) is 33.0 Å². The fourth-order valence-corrected chi connectivity index (χ4v) is 3.71. The van der Waals surface area contributed by atoms with Crippen LogP contribution in [0.3, 0.4) is 0 Å². The second kappa shape index (κ2) is 8.11. The van der Waals surface area contributed by atoms with Crippen molar-refractivity contribution in [3.05, 3.63) is 58.1 Å². The van der Waals surface area contributed by atoms with Gasteiger partial charge in [0.1, 0.15) is 5.75 Å². The van der Waals surface area contributed by atoms with Gasteiger partial charge in [-0.25, -0.2) is 0 Å². The van der Waals surface area contributed by atoms with Crippen molar-refractivity contribution in [3.63, 3.8) is 0 Å². The van der Waals surface area contributed by atoms with E-state index in [1.54, 1.807) is 0 Å². The molecule has 5 heteroatoms. The minimum absolute atomic E-state index is 0.766. The minimum atomic E-state index is 0.766. The summed E-state index contributed by atoms with van der Waals surface area (Å²) in [7, 11) is 0. The van der Waals surface area contributed by atoms with E-state index in [1.165, 1.54) is 5.22 Å². The van der Waals surface area contributed by atoms with Crippen LogP contribution < -0.4 is 20.2 Å². The molecule has 2 aliphatic rings. The van der Waals surface area contributed by atoms with Crippen LogP contribution in [0, 0.1) is 0 Å². The molecule has 0 saturated carbocycles. The Morgan fingerprint density at radius 1 is 1.00 bits per heavy atom. The lowest BCUT2D eigenvalue weighted by Crippen LogP contribution is -2.46. The topological polar surface area (TPSA) is 28.1 Å². The number of piperazine rings is 1. The molecular formula is C21H24ClN3O. The number of unbranched alkanes of at least 4 members (excludes halogenated alkanes) is 1. The Bertz CT molecular complexity index is 875. The average Bonchev–Trinajstić information content (AvgIpc) is 2.64. The summed E-state index contributed by atoms with van der Waals surface area (Å²) in [6.45, 7) is 6.16. The van der Waals surface area contributed by atoms with Gasteiger partial charge in [-0.3, -0.25) is 9.89 Å². The molecule has 1 saturated heterocycles. The van der Waals surface area contributed by atoms with Gasteiger partial charge in [0, 0.05) is 43.7 Å². The van der Waals surface area contributed by atoms with E-state index in [0.717, 1.165) is 74.0 Å². The lowest BCUT2D eigenvalue weighted by Gasteiger charge is -2.36. The predicted molar refractivity (Wildman–Crippen MR) is 107 cm³/mol. The van der Waals surface area contributed by atoms with E-state index >= 15 is 0 Å². The zero-order valence-corrected chi connectivity index (χ0v) is 15.7. The Morgan fingerprint density at radius 3 is 2.58 bits per heavy atom. The van der Waals surface area contributed by atoms with Gasteiger partial charge in [-0.05, 0) is 43.7 Å². The first-order chi connectivity index (χ1) is 12.8. The normalized spacial score (nSPS) is 16.3. The van der Waals surface area contributed by atoms with Crippen molar-refractivity contribution in [1.29, 1.82) is 0 Å². The van der Waals surface area contributed by atoms with E-state index < -0.39 is 0 Å². The molecule has 2 aliphatic heterocycles. The van der Waals surface area contributed by atoms with Gasteiger partial charge in [0.25, 0.3) is 0 Å². The number of nitrogens with zero attached hydrogens (tertiary/aromatic N) is 3. The van der Waals surface area contributed by atoms with Crippen LogP contribution in [0.25, 0.3) is 6.20 Å². The molecule has 0 spiro atoms. The molecule has 4 nitrogen and oxygen atoms in total. The summed E-state index contributed by atoms with van der Waals surface area (Å²) in [5.74, 6) is 0.925. The minimum Gasteiger partial charge on any atom is -0.494 e. The van der Waals surface area contributed by atoms with Gasteiger partial charge in [0.05, 0.1) is 22.7 Å². The average molecular weight is 370 g/mol. The third-order valence-electron chi connectivity index (χ3n) is 5.05. The molecule has 0 amide bonds. The van der Waals surface area contributed by atoms with E-state index in [9.17, 15) is 0 Å². The molecule has 26 heavy (non-hydrogen) atoms. The molecule has 0 atom stereocenters. The maximum Gasteiger partial charge on any atom is 0.121 e. The highest BCUT2D eigenvalue weighted by Crippen LogP contribution is 2.26. The molecule has 0 radical (unpaired) electrons. The number of fused-ring (bicyclic) bond motifs is 1. The van der Waals surface area contributed by atoms with Crippen LogP contribution in [0.4, 0.5) is 5.69 Å². The quantitative estimate of drug-likeness (QED) is 0.702. The maximum atomic E-state index is 6.31. The standard InChI is InChI=1S/C21H24ClN3O/c22-19-5-1-2-6-21(19)25-12-10-24(11-13-25)9-3-4-14-26-18-8-7-17-16-23-20(17)15-18/h1-2,5-8,15-16H,3-4,9-14H2. The van der Waals surface area contributed by atoms with E-state index in [1.807, 2.05) is 30.5 Å². The first-order valence-electron chi connectivity index (χ1n) is 9.32. The molecule has 0 aliphatic carbocycles. The molecule has 1 fully saturated rings. The van der Waals surface area contributed by atoms with Crippen molar-refractivity contribution < 1.29 is 4.74 Å². The van der Waals surface area contributed by atoms with E-state index in [0.29, 0.717) is 0 Å². The van der Waals surface area contributed by atoms with E-state index in [4.69, 9.17) is 16.3 Å². The summed E-state index contributed by atoms with van der Waals surface area (Å²) in [5, 5.41) is 3.09. The Balaban J connectivity index is 1.14. The number of halogens is 1. The molecule has 136 valence electrons. The monoisotopic (exact) mass is 369 g/mol. The molecule has 4 rings (SSSR count). The Hall–Kier alpha value is -2.04. The van der Waals surface area contributed by atoms with Crippen LogP contribution in [0.5, 0.6) is 5.75 Å². The fourth-order valence-electron chi connectivity index (χ4n) is 3.46. The van der Waals surface area contributed by atoms with Crippen molar-refractivity contribution in [1.82, 2.24) is 4.90 Å². The van der Waals surface area contributed by atoms with Gasteiger partial charge in [0.15, 0.2) is 0 Å². The van der Waals surface area contributed by atoms with Crippen molar-refractivity contribution in [2.45, 2.75) is 12.8 Å². The summed E-state index contributed by atoms with van der Waals surface area (Å²) >= 11 is 6.31. The molecule has 0 unspecified atom stereocenters. The SMILES string of the molecule is Clc1ccccc1N1CCN(CCCCOc2ccc3c(c2)=NC=3)CC1. The smallest absolute Gasteiger partial charge is 0.121 e. The Morgan fingerprint density at radius 2 is 1.85 bits per heavy atom. The molecule has 2 aromatic rings. The van der Waals surface area contributed by atoms with Crippen molar-refractivity contribution in [3.8, 4) is 5.75 Å². The van der Waals surface area contributed by atoms with Crippen LogP contribution in [-0.4, -0.2) is 44.2 Å². The molecule has 0 N–H and O–H groups in total. The van der Waals surface area contributed by atoms with Crippen LogP contribution in [0.2, 0.25) is 5.02 Å². The first kappa shape index (κ1) is 17.4. The second-order valence-electron chi connectivity index (χ2n) is 6.81. The summed E-state index contributed by atoms with van der Waals surface area (Å²) < 4.78 is 5.84. The number of para-hydroxylation sites is 1. The Labute approximate surface area is 159 Å². The zero-order valence-electron chi connectivity index (χ0n) is 14.9. The van der Waals surface area contributed by atoms with Gasteiger partial charge in [-0.2, -0.15) is 0 Å². The van der Waals surface area contributed by atoms with Gasteiger partial charge in [0.2, 0.25) is 0 Å². The molecule has 0 bridgehead atoms. The van der Waals surface area contributed by atoms with E-state index in [-0.39, 0.29) is 0 Å². The summed E-state index contributed by atoms with van der Waals surface area (Å²) in [6.07, 6.45) is 4.12. The predicted octanol–water partition coefficient (Wildman–Crippen LogP) is 2.69. The maximum absolute atomic E-state index is 6.31. The van der Waals surface area contributed by atoms with Crippen molar-refractivity contribution in [2.75, 3.05) is 44.2 Å². The molecule has 2 heterocycles. The highest BCUT2D eigenvalue weighted by atomic mass is 35.5. The van der Waals surface area contributed by atoms with Crippen molar-refractivity contribution >= 4 is 23.5 Å². The van der Waals surface area contributed by atoms with Gasteiger partial charge >= 0.3 is 0 Å². The highest BCUT2D eigenvalue weighted by Gasteiger charge is 2.18. The van der Waals surface area contributed by atoms with Gasteiger partial charge in [-0.1, -0.05) is 23.7 Å². The number of ether oxygens (including phenoxy) is 1. The largest absolute Gasteiger partial charge is 0.494 e. The fraction of sp³-hybridized carbons (Fsp3) is 0.381. The highest BCUT2D eigenvalue weighted by molar-refractivity contribution is 6.33. The van der Waals surface area contributed by atoms with Crippen LogP contribution >= 0.6 is 11.6 Å².